The molecule has 1 N–H and O–H groups in total. The van der Waals surface area contributed by atoms with Gasteiger partial charge < -0.3 is 14.6 Å². The standard InChI is InChI=1S/C15H17FO6/c1-3-21-13(18)15(20,14(19)22-4-2)9-12(17)10-5-7-11(16)8-6-10/h5-8,20H,3-4,9H2,1-2H3. The number of Topliss-reactive ketones (excluding diaryl/α,β-unsaturated/α-hetero) is 1. The summed E-state index contributed by atoms with van der Waals surface area (Å²) in [5.41, 5.74) is -2.68. The minimum Gasteiger partial charge on any atom is -0.463 e. The van der Waals surface area contributed by atoms with Crippen LogP contribution < -0.4 is 0 Å². The minimum absolute atomic E-state index is 0.0495. The highest BCUT2D eigenvalue weighted by Crippen LogP contribution is 2.19. The first-order valence-corrected chi connectivity index (χ1v) is 6.70. The molecule has 120 valence electrons. The number of benzene rings is 1. The van der Waals surface area contributed by atoms with Crippen molar-refractivity contribution in [3.05, 3.63) is 35.6 Å². The maximum atomic E-state index is 12.8. The molecule has 0 aliphatic heterocycles. The average Bonchev–Trinajstić information content (AvgIpc) is 2.48. The van der Waals surface area contributed by atoms with Gasteiger partial charge in [0.2, 0.25) is 0 Å². The highest BCUT2D eigenvalue weighted by atomic mass is 19.1. The molecule has 0 aromatic heterocycles. The number of hydrogen-bond acceptors (Lipinski definition) is 6. The molecule has 1 rings (SSSR count). The Morgan fingerprint density at radius 2 is 1.50 bits per heavy atom. The van der Waals surface area contributed by atoms with Crippen molar-refractivity contribution in [2.24, 2.45) is 0 Å². The van der Waals surface area contributed by atoms with Gasteiger partial charge in [-0.15, -0.1) is 0 Å². The van der Waals surface area contributed by atoms with E-state index >= 15 is 0 Å². The monoisotopic (exact) mass is 312 g/mol. The van der Waals surface area contributed by atoms with Crippen LogP contribution in [0.1, 0.15) is 30.6 Å². The van der Waals surface area contributed by atoms with E-state index < -0.39 is 35.6 Å². The first-order valence-electron chi connectivity index (χ1n) is 6.70. The number of carbonyl (C=O) groups is 3. The van der Waals surface area contributed by atoms with E-state index in [9.17, 15) is 23.9 Å². The van der Waals surface area contributed by atoms with Crippen LogP contribution in [0.15, 0.2) is 24.3 Å². The summed E-state index contributed by atoms with van der Waals surface area (Å²) in [4.78, 5) is 35.7. The zero-order valence-corrected chi connectivity index (χ0v) is 12.3. The molecule has 0 heterocycles. The number of hydrogen-bond donors (Lipinski definition) is 1. The van der Waals surface area contributed by atoms with Gasteiger partial charge in [0.1, 0.15) is 5.82 Å². The molecule has 0 atom stereocenters. The molecule has 0 amide bonds. The summed E-state index contributed by atoms with van der Waals surface area (Å²) < 4.78 is 22.1. The van der Waals surface area contributed by atoms with Crippen molar-refractivity contribution < 1.29 is 33.4 Å². The number of aliphatic hydroxyl groups is 1. The molecule has 0 unspecified atom stereocenters. The van der Waals surface area contributed by atoms with Crippen LogP contribution in [-0.2, 0) is 19.1 Å². The number of halogens is 1. The Hall–Kier alpha value is -2.28. The van der Waals surface area contributed by atoms with Crippen LogP contribution in [-0.4, -0.2) is 41.6 Å². The Bertz CT molecular complexity index is 534. The Labute approximate surface area is 126 Å². The highest BCUT2D eigenvalue weighted by Gasteiger charge is 2.49. The van der Waals surface area contributed by atoms with Crippen molar-refractivity contribution in [1.82, 2.24) is 0 Å². The predicted molar refractivity (Wildman–Crippen MR) is 73.6 cm³/mol. The predicted octanol–water partition coefficient (Wildman–Crippen LogP) is 1.26. The van der Waals surface area contributed by atoms with Gasteiger partial charge in [0.05, 0.1) is 19.6 Å². The summed E-state index contributed by atoms with van der Waals surface area (Å²) in [5.74, 6) is -3.78. The molecule has 0 saturated heterocycles. The van der Waals surface area contributed by atoms with Gasteiger partial charge in [-0.1, -0.05) is 0 Å². The fourth-order valence-electron chi connectivity index (χ4n) is 1.70. The summed E-state index contributed by atoms with van der Waals surface area (Å²) in [6.07, 6.45) is -0.851. The number of ketones is 1. The summed E-state index contributed by atoms with van der Waals surface area (Å²) in [7, 11) is 0. The molecule has 1 aromatic rings. The van der Waals surface area contributed by atoms with Gasteiger partial charge in [0.15, 0.2) is 5.78 Å². The van der Waals surface area contributed by atoms with E-state index in [0.29, 0.717) is 0 Å². The highest BCUT2D eigenvalue weighted by molar-refractivity contribution is 6.10. The van der Waals surface area contributed by atoms with Crippen LogP contribution in [0.3, 0.4) is 0 Å². The number of carbonyl (C=O) groups excluding carboxylic acids is 3. The normalized spacial score (nSPS) is 10.9. The summed E-state index contributed by atoms with van der Waals surface area (Å²) in [6.45, 7) is 2.83. The SMILES string of the molecule is CCOC(=O)C(O)(CC(=O)c1ccc(F)cc1)C(=O)OCC. The van der Waals surface area contributed by atoms with Gasteiger partial charge in [-0.25, -0.2) is 14.0 Å². The number of ether oxygens (including phenoxy) is 2. The second-order valence-electron chi connectivity index (χ2n) is 4.41. The molecule has 1 aromatic carbocycles. The van der Waals surface area contributed by atoms with E-state index in [1.807, 2.05) is 0 Å². The van der Waals surface area contributed by atoms with Crippen molar-refractivity contribution in [2.45, 2.75) is 25.9 Å². The molecule has 0 aliphatic carbocycles. The fraction of sp³-hybridized carbons (Fsp3) is 0.400. The van der Waals surface area contributed by atoms with Gasteiger partial charge in [0, 0.05) is 5.56 Å². The lowest BCUT2D eigenvalue weighted by Gasteiger charge is -2.22. The van der Waals surface area contributed by atoms with Crippen LogP contribution >= 0.6 is 0 Å². The zero-order chi connectivity index (χ0) is 16.8. The van der Waals surface area contributed by atoms with Crippen LogP contribution in [0, 0.1) is 5.82 Å². The molecule has 0 aliphatic rings. The second kappa shape index (κ2) is 7.65. The fourth-order valence-corrected chi connectivity index (χ4v) is 1.70. The maximum Gasteiger partial charge on any atom is 0.350 e. The van der Waals surface area contributed by atoms with Crippen molar-refractivity contribution >= 4 is 17.7 Å². The smallest absolute Gasteiger partial charge is 0.350 e. The lowest BCUT2D eigenvalue weighted by molar-refractivity contribution is -0.182. The van der Waals surface area contributed by atoms with E-state index in [0.717, 1.165) is 12.1 Å². The van der Waals surface area contributed by atoms with Crippen LogP contribution in [0.4, 0.5) is 4.39 Å². The van der Waals surface area contributed by atoms with Gasteiger partial charge in [-0.05, 0) is 38.1 Å². The third kappa shape index (κ3) is 4.11. The van der Waals surface area contributed by atoms with Gasteiger partial charge in [-0.2, -0.15) is 0 Å². The molecule has 0 bridgehead atoms. The first-order chi connectivity index (χ1) is 10.3. The lowest BCUT2D eigenvalue weighted by Crippen LogP contribution is -2.50. The van der Waals surface area contributed by atoms with Crippen molar-refractivity contribution in [3.63, 3.8) is 0 Å². The maximum absolute atomic E-state index is 12.8. The van der Waals surface area contributed by atoms with Gasteiger partial charge in [-0.3, -0.25) is 4.79 Å². The van der Waals surface area contributed by atoms with Gasteiger partial charge >= 0.3 is 11.9 Å². The second-order valence-corrected chi connectivity index (χ2v) is 4.41. The van der Waals surface area contributed by atoms with Crippen molar-refractivity contribution in [3.8, 4) is 0 Å². The van der Waals surface area contributed by atoms with Crippen molar-refractivity contribution in [1.29, 1.82) is 0 Å². The molecule has 0 spiro atoms. The molecule has 0 saturated carbocycles. The molecule has 7 heteroatoms. The van der Waals surface area contributed by atoms with Crippen LogP contribution in [0.5, 0.6) is 0 Å². The Morgan fingerprint density at radius 3 is 1.91 bits per heavy atom. The zero-order valence-electron chi connectivity index (χ0n) is 12.3. The molecular formula is C15H17FO6. The van der Waals surface area contributed by atoms with Crippen molar-refractivity contribution in [2.75, 3.05) is 13.2 Å². The Kier molecular flexibility index (Phi) is 6.18. The molecule has 22 heavy (non-hydrogen) atoms. The van der Waals surface area contributed by atoms with Crippen LogP contribution in [0.25, 0.3) is 0 Å². The third-order valence-corrected chi connectivity index (χ3v) is 2.81. The van der Waals surface area contributed by atoms with Gasteiger partial charge in [0.25, 0.3) is 5.60 Å². The van der Waals surface area contributed by atoms with E-state index in [4.69, 9.17) is 0 Å². The quantitative estimate of drug-likeness (QED) is 0.463. The van der Waals surface area contributed by atoms with E-state index in [1.165, 1.54) is 26.0 Å². The molecular weight excluding hydrogens is 295 g/mol. The summed E-state index contributed by atoms with van der Waals surface area (Å²) in [5, 5.41) is 10.3. The van der Waals surface area contributed by atoms with E-state index in [2.05, 4.69) is 9.47 Å². The lowest BCUT2D eigenvalue weighted by atomic mass is 9.94. The largest absolute Gasteiger partial charge is 0.463 e. The average molecular weight is 312 g/mol. The minimum atomic E-state index is -2.72. The van der Waals surface area contributed by atoms with Crippen LogP contribution in [0.2, 0.25) is 0 Å². The summed E-state index contributed by atoms with van der Waals surface area (Å²) >= 11 is 0. The number of esters is 2. The number of rotatable bonds is 7. The Morgan fingerprint density at radius 1 is 1.05 bits per heavy atom. The summed E-state index contributed by atoms with van der Waals surface area (Å²) in [6, 6.07) is 4.49. The van der Waals surface area contributed by atoms with E-state index in [-0.39, 0.29) is 18.8 Å². The third-order valence-electron chi connectivity index (χ3n) is 2.81. The molecule has 6 nitrogen and oxygen atoms in total. The molecule has 0 radical (unpaired) electrons. The van der Waals surface area contributed by atoms with E-state index in [1.54, 1.807) is 0 Å². The molecule has 0 fully saturated rings. The topological polar surface area (TPSA) is 89.9 Å². The Balaban J connectivity index is 3.01. The first kappa shape index (κ1) is 17.8.